The van der Waals surface area contributed by atoms with Crippen molar-refractivity contribution in [3.63, 3.8) is 0 Å². The number of benzene rings is 1. The number of sulfonamides is 1. The van der Waals surface area contributed by atoms with Gasteiger partial charge in [0.2, 0.25) is 10.0 Å². The number of amides is 1. The van der Waals surface area contributed by atoms with E-state index in [9.17, 15) is 18.0 Å². The summed E-state index contributed by atoms with van der Waals surface area (Å²) in [4.78, 5) is 25.6. The Labute approximate surface area is 159 Å². The first-order valence-electron chi connectivity index (χ1n) is 8.90. The maximum absolute atomic E-state index is 13.0. The molecule has 0 aromatic heterocycles. The van der Waals surface area contributed by atoms with Crippen LogP contribution in [0.5, 0.6) is 0 Å². The zero-order chi connectivity index (χ0) is 20.2. The summed E-state index contributed by atoms with van der Waals surface area (Å²) in [6.45, 7) is 4.45. The topological polar surface area (TPSA) is 104 Å². The first kappa shape index (κ1) is 21.3. The SMILES string of the molecule is CCN(CC)S(=O)(=O)c1cccc(C(=O)N2CC(OC)CC2CC(=O)O)c1. The van der Waals surface area contributed by atoms with Crippen LogP contribution in [-0.2, 0) is 19.6 Å². The summed E-state index contributed by atoms with van der Waals surface area (Å²) in [5.41, 5.74) is 0.218. The molecule has 0 bridgehead atoms. The maximum Gasteiger partial charge on any atom is 0.305 e. The molecule has 1 aromatic rings. The van der Waals surface area contributed by atoms with Gasteiger partial charge in [-0.15, -0.1) is 0 Å². The van der Waals surface area contributed by atoms with Crippen molar-refractivity contribution < 1.29 is 27.9 Å². The quantitative estimate of drug-likeness (QED) is 0.710. The molecule has 1 amide bonds. The number of nitrogens with zero attached hydrogens (tertiary/aromatic N) is 2. The van der Waals surface area contributed by atoms with Gasteiger partial charge in [0.15, 0.2) is 0 Å². The number of carboxylic acid groups (broad SMARTS) is 1. The highest BCUT2D eigenvalue weighted by Crippen LogP contribution is 2.26. The third kappa shape index (κ3) is 4.66. The van der Waals surface area contributed by atoms with E-state index in [-0.39, 0.29) is 29.5 Å². The average molecular weight is 398 g/mol. The van der Waals surface area contributed by atoms with Gasteiger partial charge in [-0.05, 0) is 24.6 Å². The number of hydrogen-bond donors (Lipinski definition) is 1. The molecule has 1 aliphatic rings. The van der Waals surface area contributed by atoms with Crippen LogP contribution in [0.25, 0.3) is 0 Å². The van der Waals surface area contributed by atoms with Crippen molar-refractivity contribution in [1.82, 2.24) is 9.21 Å². The highest BCUT2D eigenvalue weighted by atomic mass is 32.2. The van der Waals surface area contributed by atoms with E-state index >= 15 is 0 Å². The van der Waals surface area contributed by atoms with Crippen LogP contribution in [0.1, 0.15) is 37.0 Å². The normalized spacial score (nSPS) is 20.2. The van der Waals surface area contributed by atoms with E-state index in [0.717, 1.165) is 0 Å². The summed E-state index contributed by atoms with van der Waals surface area (Å²) in [5, 5.41) is 9.11. The van der Waals surface area contributed by atoms with Gasteiger partial charge in [0.25, 0.3) is 5.91 Å². The lowest BCUT2D eigenvalue weighted by molar-refractivity contribution is -0.138. The number of rotatable bonds is 8. The smallest absolute Gasteiger partial charge is 0.305 e. The molecule has 0 spiro atoms. The van der Waals surface area contributed by atoms with Crippen molar-refractivity contribution in [2.24, 2.45) is 0 Å². The van der Waals surface area contributed by atoms with Gasteiger partial charge < -0.3 is 14.7 Å². The Morgan fingerprint density at radius 3 is 2.52 bits per heavy atom. The number of aliphatic carboxylic acids is 1. The van der Waals surface area contributed by atoms with E-state index < -0.39 is 27.9 Å². The summed E-state index contributed by atoms with van der Waals surface area (Å²) in [6.07, 6.45) is 0.0237. The fourth-order valence-electron chi connectivity index (χ4n) is 3.36. The Bertz CT molecular complexity index is 791. The van der Waals surface area contributed by atoms with Crippen molar-refractivity contribution in [2.45, 2.75) is 43.7 Å². The van der Waals surface area contributed by atoms with Gasteiger partial charge in [0, 0.05) is 38.3 Å². The van der Waals surface area contributed by atoms with Crippen molar-refractivity contribution in [3.05, 3.63) is 29.8 Å². The molecule has 1 aliphatic heterocycles. The summed E-state index contributed by atoms with van der Waals surface area (Å²) in [5.74, 6) is -1.38. The Morgan fingerprint density at radius 2 is 1.96 bits per heavy atom. The van der Waals surface area contributed by atoms with Gasteiger partial charge in [-0.3, -0.25) is 9.59 Å². The van der Waals surface area contributed by atoms with Gasteiger partial charge >= 0.3 is 5.97 Å². The molecule has 1 saturated heterocycles. The molecule has 1 fully saturated rings. The lowest BCUT2D eigenvalue weighted by Crippen LogP contribution is -2.37. The lowest BCUT2D eigenvalue weighted by Gasteiger charge is -2.24. The molecule has 150 valence electrons. The standard InChI is InChI=1S/C18H26N2O6S/c1-4-19(5-2)27(24,25)16-8-6-7-13(9-16)18(23)20-12-15(26-3)10-14(20)11-17(21)22/h6-9,14-15H,4-5,10-12H2,1-3H3,(H,21,22). The van der Waals surface area contributed by atoms with Crippen LogP contribution in [0.3, 0.4) is 0 Å². The van der Waals surface area contributed by atoms with Gasteiger partial charge in [-0.1, -0.05) is 19.9 Å². The van der Waals surface area contributed by atoms with Crippen LogP contribution in [0.15, 0.2) is 29.2 Å². The van der Waals surface area contributed by atoms with Crippen molar-refractivity contribution >= 4 is 21.9 Å². The number of ether oxygens (including phenoxy) is 1. The molecule has 1 aromatic carbocycles. The molecular weight excluding hydrogens is 372 g/mol. The summed E-state index contributed by atoms with van der Waals surface area (Å²) in [7, 11) is -2.16. The summed E-state index contributed by atoms with van der Waals surface area (Å²) >= 11 is 0. The predicted molar refractivity (Wildman–Crippen MR) is 99.0 cm³/mol. The van der Waals surface area contributed by atoms with Crippen LogP contribution < -0.4 is 0 Å². The van der Waals surface area contributed by atoms with Crippen molar-refractivity contribution in [1.29, 1.82) is 0 Å². The first-order valence-corrected chi connectivity index (χ1v) is 10.3. The minimum atomic E-state index is -3.68. The second-order valence-electron chi connectivity index (χ2n) is 6.42. The maximum atomic E-state index is 13.0. The second-order valence-corrected chi connectivity index (χ2v) is 8.36. The summed E-state index contributed by atoms with van der Waals surface area (Å²) < 4.78 is 32.0. The van der Waals surface area contributed by atoms with Crippen LogP contribution in [0.4, 0.5) is 0 Å². The van der Waals surface area contributed by atoms with Gasteiger partial charge in [-0.25, -0.2) is 8.42 Å². The van der Waals surface area contributed by atoms with Gasteiger partial charge in [0.05, 0.1) is 17.4 Å². The Balaban J connectivity index is 2.32. The monoisotopic (exact) mass is 398 g/mol. The fourth-order valence-corrected chi connectivity index (χ4v) is 4.86. The Morgan fingerprint density at radius 1 is 1.30 bits per heavy atom. The molecule has 2 unspecified atom stereocenters. The molecule has 0 radical (unpaired) electrons. The van der Waals surface area contributed by atoms with Gasteiger partial charge in [0.1, 0.15) is 0 Å². The number of carboxylic acids is 1. The zero-order valence-electron chi connectivity index (χ0n) is 15.8. The number of methoxy groups -OCH3 is 1. The first-order chi connectivity index (χ1) is 12.7. The van der Waals surface area contributed by atoms with Gasteiger partial charge in [-0.2, -0.15) is 4.31 Å². The molecule has 8 nitrogen and oxygen atoms in total. The average Bonchev–Trinajstić information content (AvgIpc) is 3.04. The zero-order valence-corrected chi connectivity index (χ0v) is 16.6. The largest absolute Gasteiger partial charge is 0.481 e. The van der Waals surface area contributed by atoms with E-state index in [0.29, 0.717) is 19.5 Å². The summed E-state index contributed by atoms with van der Waals surface area (Å²) in [6, 6.07) is 5.40. The van der Waals surface area contributed by atoms with E-state index in [4.69, 9.17) is 9.84 Å². The molecule has 1 heterocycles. The molecule has 0 saturated carbocycles. The third-order valence-corrected chi connectivity index (χ3v) is 6.85. The van der Waals surface area contributed by atoms with Crippen LogP contribution in [-0.4, -0.2) is 73.5 Å². The molecule has 2 atom stereocenters. The minimum Gasteiger partial charge on any atom is -0.481 e. The highest BCUT2D eigenvalue weighted by Gasteiger charge is 2.37. The molecule has 27 heavy (non-hydrogen) atoms. The van der Waals surface area contributed by atoms with E-state index in [2.05, 4.69) is 0 Å². The van der Waals surface area contributed by atoms with Crippen molar-refractivity contribution in [2.75, 3.05) is 26.7 Å². The van der Waals surface area contributed by atoms with Crippen LogP contribution in [0.2, 0.25) is 0 Å². The van der Waals surface area contributed by atoms with E-state index in [1.54, 1.807) is 19.9 Å². The molecular formula is C18H26N2O6S. The molecule has 2 rings (SSSR count). The number of hydrogen-bond acceptors (Lipinski definition) is 5. The number of likely N-dealkylation sites (tertiary alicyclic amines) is 1. The highest BCUT2D eigenvalue weighted by molar-refractivity contribution is 7.89. The van der Waals surface area contributed by atoms with E-state index in [1.165, 1.54) is 34.5 Å². The third-order valence-electron chi connectivity index (χ3n) is 4.80. The van der Waals surface area contributed by atoms with Crippen molar-refractivity contribution in [3.8, 4) is 0 Å². The second kappa shape index (κ2) is 8.81. The van der Waals surface area contributed by atoms with Crippen LogP contribution in [0, 0.1) is 0 Å². The molecule has 9 heteroatoms. The molecule has 0 aliphatic carbocycles. The number of carbonyl (C=O) groups is 2. The molecule has 1 N–H and O–H groups in total. The van der Waals surface area contributed by atoms with E-state index in [1.807, 2.05) is 0 Å². The fraction of sp³-hybridized carbons (Fsp3) is 0.556. The minimum absolute atomic E-state index is 0.0503. The predicted octanol–water partition coefficient (Wildman–Crippen LogP) is 1.42. The Hall–Kier alpha value is -1.97. The number of carbonyl (C=O) groups excluding carboxylic acids is 1. The van der Waals surface area contributed by atoms with Crippen LogP contribution >= 0.6 is 0 Å². The lowest BCUT2D eigenvalue weighted by atomic mass is 10.1. The Kier molecular flexibility index (Phi) is 6.96.